The summed E-state index contributed by atoms with van der Waals surface area (Å²) >= 11 is 0. The third-order valence-electron chi connectivity index (χ3n) is 3.24. The highest BCUT2D eigenvalue weighted by atomic mass is 19.4. The van der Waals surface area contributed by atoms with E-state index in [0.717, 1.165) is 12.1 Å². The van der Waals surface area contributed by atoms with Gasteiger partial charge in [-0.25, -0.2) is 0 Å². The molecule has 0 fully saturated rings. The number of nitro groups is 1. The Morgan fingerprint density at radius 2 is 1.38 bits per heavy atom. The molecule has 2 rings (SSSR count). The second-order valence-electron chi connectivity index (χ2n) is 5.02. The number of carbonyl (C=O) groups excluding carboxylic acids is 1. The van der Waals surface area contributed by atoms with Crippen molar-refractivity contribution < 1.29 is 36.1 Å². The Morgan fingerprint density at radius 1 is 0.885 bits per heavy atom. The number of anilines is 1. The lowest BCUT2D eigenvalue weighted by Crippen LogP contribution is -2.15. The number of carbonyl (C=O) groups is 1. The van der Waals surface area contributed by atoms with Crippen molar-refractivity contribution in [1.29, 1.82) is 0 Å². The van der Waals surface area contributed by atoms with Gasteiger partial charge >= 0.3 is 12.4 Å². The lowest BCUT2D eigenvalue weighted by atomic mass is 10.1. The summed E-state index contributed by atoms with van der Waals surface area (Å²) in [6.07, 6.45) is -9.43. The molecule has 1 amide bonds. The molecule has 2 aromatic rings. The normalized spacial score (nSPS) is 11.9. The van der Waals surface area contributed by atoms with Crippen molar-refractivity contribution in [3.05, 3.63) is 69.3 Å². The van der Waals surface area contributed by atoms with E-state index in [1.165, 1.54) is 0 Å². The molecule has 0 aliphatic heterocycles. The van der Waals surface area contributed by atoms with Crippen molar-refractivity contribution >= 4 is 17.3 Å². The van der Waals surface area contributed by atoms with Crippen LogP contribution in [0.25, 0.3) is 0 Å². The topological polar surface area (TPSA) is 72.2 Å². The lowest BCUT2D eigenvalue weighted by Gasteiger charge is -2.10. The number of amides is 1. The fourth-order valence-electron chi connectivity index (χ4n) is 1.99. The van der Waals surface area contributed by atoms with Gasteiger partial charge in [0.15, 0.2) is 0 Å². The summed E-state index contributed by atoms with van der Waals surface area (Å²) in [4.78, 5) is 21.9. The second-order valence-corrected chi connectivity index (χ2v) is 5.02. The van der Waals surface area contributed by atoms with Gasteiger partial charge in [-0.05, 0) is 36.4 Å². The fraction of sp³-hybridized carbons (Fsp3) is 0.133. The average molecular weight is 378 g/mol. The van der Waals surface area contributed by atoms with Crippen LogP contribution in [0.4, 0.5) is 37.7 Å². The van der Waals surface area contributed by atoms with Crippen molar-refractivity contribution in [2.75, 3.05) is 5.32 Å². The van der Waals surface area contributed by atoms with Crippen molar-refractivity contribution in [3.63, 3.8) is 0 Å². The molecule has 2 aromatic carbocycles. The van der Waals surface area contributed by atoms with Crippen LogP contribution in [-0.2, 0) is 12.4 Å². The molecule has 138 valence electrons. The van der Waals surface area contributed by atoms with Crippen LogP contribution in [0.3, 0.4) is 0 Å². The van der Waals surface area contributed by atoms with E-state index in [1.54, 1.807) is 0 Å². The predicted molar refractivity (Wildman–Crippen MR) is 77.5 cm³/mol. The Balaban J connectivity index is 2.31. The maximum atomic E-state index is 12.6. The summed E-state index contributed by atoms with van der Waals surface area (Å²) in [6.45, 7) is 0. The van der Waals surface area contributed by atoms with E-state index in [9.17, 15) is 41.3 Å². The number of hydrogen-bond acceptors (Lipinski definition) is 3. The van der Waals surface area contributed by atoms with Gasteiger partial charge in [0, 0.05) is 11.8 Å². The molecule has 0 saturated heterocycles. The molecule has 0 saturated carbocycles. The molecule has 0 aliphatic rings. The van der Waals surface area contributed by atoms with Crippen LogP contribution in [0.1, 0.15) is 21.5 Å². The van der Waals surface area contributed by atoms with Gasteiger partial charge in [0.1, 0.15) is 5.56 Å². The smallest absolute Gasteiger partial charge is 0.322 e. The van der Waals surface area contributed by atoms with Crippen molar-refractivity contribution in [1.82, 2.24) is 0 Å². The highest BCUT2D eigenvalue weighted by molar-refractivity contribution is 6.07. The number of benzene rings is 2. The number of rotatable bonds is 3. The number of nitrogens with one attached hydrogen (secondary N) is 1. The first kappa shape index (κ1) is 19.2. The first-order chi connectivity index (χ1) is 11.9. The Labute approximate surface area is 141 Å². The average Bonchev–Trinajstić information content (AvgIpc) is 2.53. The molecular weight excluding hydrogens is 370 g/mol. The molecule has 0 spiro atoms. The van der Waals surface area contributed by atoms with Gasteiger partial charge in [-0.1, -0.05) is 0 Å². The van der Waals surface area contributed by atoms with E-state index < -0.39 is 45.6 Å². The maximum Gasteiger partial charge on any atom is 0.416 e. The number of halogens is 6. The summed E-state index contributed by atoms with van der Waals surface area (Å²) in [5.74, 6) is -1.13. The van der Waals surface area contributed by atoms with Crippen molar-refractivity contribution in [3.8, 4) is 0 Å². The fourth-order valence-corrected chi connectivity index (χ4v) is 1.99. The van der Waals surface area contributed by atoms with Gasteiger partial charge in [0.2, 0.25) is 0 Å². The zero-order valence-corrected chi connectivity index (χ0v) is 12.5. The molecule has 0 radical (unpaired) electrons. The van der Waals surface area contributed by atoms with Gasteiger partial charge in [-0.2, -0.15) is 26.3 Å². The quantitative estimate of drug-likeness (QED) is 0.470. The third-order valence-corrected chi connectivity index (χ3v) is 3.24. The van der Waals surface area contributed by atoms with Crippen LogP contribution in [0.5, 0.6) is 0 Å². The summed E-state index contributed by atoms with van der Waals surface area (Å²) < 4.78 is 75.3. The first-order valence-corrected chi connectivity index (χ1v) is 6.74. The minimum atomic E-state index is -4.84. The van der Waals surface area contributed by atoms with E-state index in [4.69, 9.17) is 0 Å². The molecule has 11 heteroatoms. The van der Waals surface area contributed by atoms with E-state index in [-0.39, 0.29) is 11.8 Å². The Hall–Kier alpha value is -3.11. The van der Waals surface area contributed by atoms with Crippen LogP contribution in [0.2, 0.25) is 0 Å². The highest BCUT2D eigenvalue weighted by Gasteiger charge is 2.34. The number of nitro benzene ring substituents is 1. The Kier molecular flexibility index (Phi) is 4.92. The third kappa shape index (κ3) is 4.29. The molecule has 0 atom stereocenters. The number of alkyl halides is 6. The summed E-state index contributed by atoms with van der Waals surface area (Å²) in [7, 11) is 0. The summed E-state index contributed by atoms with van der Waals surface area (Å²) in [6, 6.07) is 4.51. The van der Waals surface area contributed by atoms with Crippen LogP contribution in [0, 0.1) is 10.1 Å². The summed E-state index contributed by atoms with van der Waals surface area (Å²) in [5, 5.41) is 13.0. The van der Waals surface area contributed by atoms with Crippen molar-refractivity contribution in [2.45, 2.75) is 12.4 Å². The van der Waals surface area contributed by atoms with E-state index >= 15 is 0 Å². The SMILES string of the molecule is O=C(Nc1ccc(C(F)(F)F)cc1)c1ccc(C(F)(F)F)cc1[N+](=O)[O-]. The monoisotopic (exact) mass is 378 g/mol. The van der Waals surface area contributed by atoms with Crippen LogP contribution < -0.4 is 5.32 Å². The highest BCUT2D eigenvalue weighted by Crippen LogP contribution is 2.33. The van der Waals surface area contributed by atoms with Gasteiger partial charge in [0.05, 0.1) is 16.1 Å². The van der Waals surface area contributed by atoms with E-state index in [1.807, 2.05) is 0 Å². The van der Waals surface area contributed by atoms with Gasteiger partial charge in [-0.3, -0.25) is 14.9 Å². The van der Waals surface area contributed by atoms with Crippen molar-refractivity contribution in [2.24, 2.45) is 0 Å². The largest absolute Gasteiger partial charge is 0.416 e. The van der Waals surface area contributed by atoms with Gasteiger partial charge in [0.25, 0.3) is 11.6 Å². The van der Waals surface area contributed by atoms with E-state index in [2.05, 4.69) is 5.32 Å². The first-order valence-electron chi connectivity index (χ1n) is 6.74. The molecule has 5 nitrogen and oxygen atoms in total. The number of hydrogen-bond donors (Lipinski definition) is 1. The molecule has 0 aliphatic carbocycles. The number of nitrogens with zero attached hydrogens (tertiary/aromatic N) is 1. The zero-order valence-electron chi connectivity index (χ0n) is 12.5. The van der Waals surface area contributed by atoms with Crippen LogP contribution >= 0.6 is 0 Å². The lowest BCUT2D eigenvalue weighted by molar-refractivity contribution is -0.385. The van der Waals surface area contributed by atoms with Crippen LogP contribution in [-0.4, -0.2) is 10.8 Å². The molecule has 0 bridgehead atoms. The minimum Gasteiger partial charge on any atom is -0.322 e. The predicted octanol–water partition coefficient (Wildman–Crippen LogP) is 4.88. The molecular formula is C15H8F6N2O3. The Morgan fingerprint density at radius 3 is 1.85 bits per heavy atom. The van der Waals surface area contributed by atoms with Gasteiger partial charge in [-0.15, -0.1) is 0 Å². The maximum absolute atomic E-state index is 12.6. The molecule has 0 heterocycles. The van der Waals surface area contributed by atoms with Gasteiger partial charge < -0.3 is 5.32 Å². The standard InChI is InChI=1S/C15H8F6N2O3/c16-14(17,18)8-1-4-10(5-2-8)22-13(24)11-6-3-9(15(19,20)21)7-12(11)23(25)26/h1-7H,(H,22,24). The molecule has 0 unspecified atom stereocenters. The second kappa shape index (κ2) is 6.65. The zero-order chi connectivity index (χ0) is 19.7. The molecule has 0 aromatic heterocycles. The summed E-state index contributed by atoms with van der Waals surface area (Å²) in [5.41, 5.74) is -4.14. The van der Waals surface area contributed by atoms with Crippen LogP contribution in [0.15, 0.2) is 42.5 Å². The molecule has 1 N–H and O–H groups in total. The molecule has 26 heavy (non-hydrogen) atoms. The Bertz CT molecular complexity index is 844. The van der Waals surface area contributed by atoms with E-state index in [0.29, 0.717) is 24.3 Å². The minimum absolute atomic E-state index is 0.114.